The highest BCUT2D eigenvalue weighted by molar-refractivity contribution is 6.42. The van der Waals surface area contributed by atoms with Crippen LogP contribution in [0.1, 0.15) is 18.4 Å². The molecule has 0 saturated carbocycles. The SMILES string of the molecule is COC1(C(Cc2cccc(Cl)c2Cl)NN)CCOCC1. The Labute approximate surface area is 129 Å². The number of rotatable bonds is 5. The predicted octanol–water partition coefficient (Wildman–Crippen LogP) is 2.56. The molecule has 0 bridgehead atoms. The van der Waals surface area contributed by atoms with Crippen molar-refractivity contribution in [1.29, 1.82) is 0 Å². The molecule has 112 valence electrons. The fraction of sp³-hybridized carbons (Fsp3) is 0.571. The lowest BCUT2D eigenvalue weighted by molar-refractivity contribution is -0.110. The zero-order chi connectivity index (χ0) is 14.6. The van der Waals surface area contributed by atoms with Crippen molar-refractivity contribution in [2.24, 2.45) is 5.84 Å². The maximum absolute atomic E-state index is 6.26. The van der Waals surface area contributed by atoms with Gasteiger partial charge in [-0.05, 0) is 18.1 Å². The van der Waals surface area contributed by atoms with Gasteiger partial charge in [-0.1, -0.05) is 35.3 Å². The summed E-state index contributed by atoms with van der Waals surface area (Å²) in [7, 11) is 1.72. The zero-order valence-corrected chi connectivity index (χ0v) is 13.0. The first-order valence-corrected chi connectivity index (χ1v) is 7.40. The molecule has 1 aliphatic heterocycles. The normalized spacial score (nSPS) is 19.8. The Balaban J connectivity index is 2.21. The standard InChI is InChI=1S/C14H20Cl2N2O2/c1-19-14(5-7-20-8-6-14)12(18-17)9-10-3-2-4-11(15)13(10)16/h2-4,12,18H,5-9,17H2,1H3. The van der Waals surface area contributed by atoms with Gasteiger partial charge >= 0.3 is 0 Å². The minimum absolute atomic E-state index is 0.0487. The molecule has 20 heavy (non-hydrogen) atoms. The van der Waals surface area contributed by atoms with E-state index in [2.05, 4.69) is 5.43 Å². The first kappa shape index (κ1) is 16.0. The summed E-state index contributed by atoms with van der Waals surface area (Å²) in [5.41, 5.74) is 3.50. The predicted molar refractivity (Wildman–Crippen MR) is 81.1 cm³/mol. The largest absolute Gasteiger partial charge is 0.381 e. The molecule has 0 aromatic heterocycles. The van der Waals surface area contributed by atoms with Crippen LogP contribution in [0.25, 0.3) is 0 Å². The van der Waals surface area contributed by atoms with Gasteiger partial charge in [-0.15, -0.1) is 0 Å². The smallest absolute Gasteiger partial charge is 0.0891 e. The summed E-state index contributed by atoms with van der Waals surface area (Å²) in [5.74, 6) is 5.75. The summed E-state index contributed by atoms with van der Waals surface area (Å²) < 4.78 is 11.2. The third-order valence-electron chi connectivity index (χ3n) is 4.04. The van der Waals surface area contributed by atoms with E-state index in [0.717, 1.165) is 18.4 Å². The molecule has 3 N–H and O–H groups in total. The van der Waals surface area contributed by atoms with E-state index in [-0.39, 0.29) is 11.6 Å². The molecule has 0 radical (unpaired) electrons. The van der Waals surface area contributed by atoms with Gasteiger partial charge in [-0.2, -0.15) is 0 Å². The minimum Gasteiger partial charge on any atom is -0.381 e. The Bertz CT molecular complexity index is 451. The van der Waals surface area contributed by atoms with Crippen molar-refractivity contribution in [1.82, 2.24) is 5.43 Å². The molecular weight excluding hydrogens is 299 g/mol. The van der Waals surface area contributed by atoms with Crippen LogP contribution in [0.15, 0.2) is 18.2 Å². The molecule has 0 aliphatic carbocycles. The fourth-order valence-electron chi connectivity index (χ4n) is 2.73. The van der Waals surface area contributed by atoms with Crippen LogP contribution >= 0.6 is 23.2 Å². The number of hydrogen-bond donors (Lipinski definition) is 2. The van der Waals surface area contributed by atoms with Crippen LogP contribution in [-0.4, -0.2) is 32.0 Å². The van der Waals surface area contributed by atoms with Gasteiger partial charge in [0, 0.05) is 33.2 Å². The Hall–Kier alpha value is -0.360. The number of hydrogen-bond acceptors (Lipinski definition) is 4. The quantitative estimate of drug-likeness (QED) is 0.647. The summed E-state index contributed by atoms with van der Waals surface area (Å²) in [6, 6.07) is 5.58. The first-order valence-electron chi connectivity index (χ1n) is 6.65. The van der Waals surface area contributed by atoms with Crippen LogP contribution in [-0.2, 0) is 15.9 Å². The average molecular weight is 319 g/mol. The van der Waals surface area contributed by atoms with Gasteiger partial charge in [0.05, 0.1) is 21.7 Å². The lowest BCUT2D eigenvalue weighted by Crippen LogP contribution is -2.58. The Morgan fingerprint density at radius 2 is 2.10 bits per heavy atom. The Morgan fingerprint density at radius 1 is 1.40 bits per heavy atom. The van der Waals surface area contributed by atoms with Crippen LogP contribution in [0.4, 0.5) is 0 Å². The molecule has 1 aliphatic rings. The molecule has 2 rings (SSSR count). The van der Waals surface area contributed by atoms with E-state index in [4.69, 9.17) is 38.5 Å². The molecule has 4 nitrogen and oxygen atoms in total. The molecule has 1 unspecified atom stereocenters. The summed E-state index contributed by atoms with van der Waals surface area (Å²) in [4.78, 5) is 0. The van der Waals surface area contributed by atoms with E-state index < -0.39 is 0 Å². The van der Waals surface area contributed by atoms with Crippen LogP contribution < -0.4 is 11.3 Å². The van der Waals surface area contributed by atoms with E-state index in [0.29, 0.717) is 29.7 Å². The van der Waals surface area contributed by atoms with Gasteiger partial charge in [-0.3, -0.25) is 11.3 Å². The molecule has 0 amide bonds. The molecule has 6 heteroatoms. The third kappa shape index (κ3) is 3.27. The highest BCUT2D eigenvalue weighted by atomic mass is 35.5. The molecule has 1 atom stereocenters. The number of ether oxygens (including phenoxy) is 2. The maximum Gasteiger partial charge on any atom is 0.0891 e. The summed E-state index contributed by atoms with van der Waals surface area (Å²) in [6.07, 6.45) is 2.26. The zero-order valence-electron chi connectivity index (χ0n) is 11.5. The van der Waals surface area contributed by atoms with E-state index in [9.17, 15) is 0 Å². The van der Waals surface area contributed by atoms with E-state index in [1.165, 1.54) is 0 Å². The molecule has 1 saturated heterocycles. The van der Waals surface area contributed by atoms with Crippen LogP contribution in [0.2, 0.25) is 10.0 Å². The number of halogens is 2. The van der Waals surface area contributed by atoms with Crippen molar-refractivity contribution in [2.45, 2.75) is 30.9 Å². The third-order valence-corrected chi connectivity index (χ3v) is 4.90. The van der Waals surface area contributed by atoms with E-state index in [1.807, 2.05) is 12.1 Å². The summed E-state index contributed by atoms with van der Waals surface area (Å²) in [5, 5.41) is 1.13. The highest BCUT2D eigenvalue weighted by Crippen LogP contribution is 2.32. The second kappa shape index (κ2) is 7.07. The average Bonchev–Trinajstić information content (AvgIpc) is 2.49. The lowest BCUT2D eigenvalue weighted by atomic mass is 9.83. The summed E-state index contributed by atoms with van der Waals surface area (Å²) >= 11 is 12.3. The van der Waals surface area contributed by atoms with Gasteiger partial charge in [0.15, 0.2) is 0 Å². The first-order chi connectivity index (χ1) is 9.63. The second-order valence-corrected chi connectivity index (χ2v) is 5.80. The lowest BCUT2D eigenvalue weighted by Gasteiger charge is -2.42. The van der Waals surface area contributed by atoms with E-state index >= 15 is 0 Å². The highest BCUT2D eigenvalue weighted by Gasteiger charge is 2.40. The van der Waals surface area contributed by atoms with Gasteiger partial charge in [0.1, 0.15) is 0 Å². The number of methoxy groups -OCH3 is 1. The molecule has 1 heterocycles. The number of nitrogens with one attached hydrogen (secondary N) is 1. The molecule has 0 spiro atoms. The van der Waals surface area contributed by atoms with Gasteiger partial charge < -0.3 is 9.47 Å². The second-order valence-electron chi connectivity index (χ2n) is 5.02. The number of hydrazine groups is 1. The Morgan fingerprint density at radius 3 is 2.70 bits per heavy atom. The summed E-state index contributed by atoms with van der Waals surface area (Å²) in [6.45, 7) is 1.35. The maximum atomic E-state index is 6.26. The topological polar surface area (TPSA) is 56.5 Å². The van der Waals surface area contributed by atoms with Crippen molar-refractivity contribution in [2.75, 3.05) is 20.3 Å². The molecular formula is C14H20Cl2N2O2. The van der Waals surface area contributed by atoms with Crippen LogP contribution in [0.3, 0.4) is 0 Å². The van der Waals surface area contributed by atoms with Crippen molar-refractivity contribution in [3.63, 3.8) is 0 Å². The van der Waals surface area contributed by atoms with Crippen molar-refractivity contribution >= 4 is 23.2 Å². The van der Waals surface area contributed by atoms with Crippen LogP contribution in [0, 0.1) is 0 Å². The molecule has 1 fully saturated rings. The van der Waals surface area contributed by atoms with E-state index in [1.54, 1.807) is 13.2 Å². The monoisotopic (exact) mass is 318 g/mol. The molecule has 1 aromatic carbocycles. The van der Waals surface area contributed by atoms with Crippen molar-refractivity contribution in [3.05, 3.63) is 33.8 Å². The number of benzene rings is 1. The van der Waals surface area contributed by atoms with Gasteiger partial charge in [-0.25, -0.2) is 0 Å². The van der Waals surface area contributed by atoms with Gasteiger partial charge in [0.25, 0.3) is 0 Å². The minimum atomic E-state index is -0.335. The van der Waals surface area contributed by atoms with Crippen LogP contribution in [0.5, 0.6) is 0 Å². The van der Waals surface area contributed by atoms with Crippen molar-refractivity contribution in [3.8, 4) is 0 Å². The van der Waals surface area contributed by atoms with Gasteiger partial charge in [0.2, 0.25) is 0 Å². The Kier molecular flexibility index (Phi) is 5.66. The molecule has 1 aromatic rings. The number of nitrogens with two attached hydrogens (primary N) is 1. The fourth-order valence-corrected chi connectivity index (χ4v) is 3.13. The van der Waals surface area contributed by atoms with Crippen molar-refractivity contribution < 1.29 is 9.47 Å².